The first kappa shape index (κ1) is 13.9. The molecule has 1 aromatic carbocycles. The van der Waals surface area contributed by atoms with Crippen molar-refractivity contribution in [3.8, 4) is 0 Å². The minimum absolute atomic E-state index is 0.00893. The Morgan fingerprint density at radius 3 is 2.88 bits per heavy atom. The summed E-state index contributed by atoms with van der Waals surface area (Å²) >= 11 is 5.60. The van der Waals surface area contributed by atoms with Crippen LogP contribution in [0.1, 0.15) is 31.4 Å². The average molecular weight is 259 g/mol. The van der Waals surface area contributed by atoms with Gasteiger partial charge in [0.05, 0.1) is 5.02 Å². The predicted octanol–water partition coefficient (Wildman–Crippen LogP) is 2.40. The van der Waals surface area contributed by atoms with Gasteiger partial charge in [-0.25, -0.2) is 4.39 Å². The van der Waals surface area contributed by atoms with Gasteiger partial charge in [-0.15, -0.1) is 0 Å². The lowest BCUT2D eigenvalue weighted by Gasteiger charge is -2.14. The van der Waals surface area contributed by atoms with Gasteiger partial charge in [0.2, 0.25) is 5.91 Å². The maximum atomic E-state index is 13.2. The molecule has 5 heteroatoms. The molecule has 0 radical (unpaired) electrons. The van der Waals surface area contributed by atoms with Crippen LogP contribution < -0.4 is 11.1 Å². The molecule has 1 unspecified atom stereocenters. The third kappa shape index (κ3) is 4.71. The quantitative estimate of drug-likeness (QED) is 0.770. The molecule has 3 nitrogen and oxygen atoms in total. The number of rotatable bonds is 6. The van der Waals surface area contributed by atoms with E-state index in [0.717, 1.165) is 5.56 Å². The van der Waals surface area contributed by atoms with E-state index in [1.807, 2.05) is 6.92 Å². The van der Waals surface area contributed by atoms with Crippen LogP contribution in [0.2, 0.25) is 5.02 Å². The summed E-state index contributed by atoms with van der Waals surface area (Å²) in [5.41, 5.74) is 5.85. The molecule has 94 valence electrons. The van der Waals surface area contributed by atoms with Gasteiger partial charge < -0.3 is 11.1 Å². The summed E-state index contributed by atoms with van der Waals surface area (Å²) in [6.07, 6.45) is 1.03. The molecule has 0 aliphatic rings. The number of benzene rings is 1. The standard InChI is InChI=1S/C12H16ClFN2O/c1-8(16-6-2-3-12(15)17)9-4-5-10(13)11(14)7-9/h4-5,7-8,16H,2-3,6H2,1H3,(H2,15,17). The van der Waals surface area contributed by atoms with E-state index in [-0.39, 0.29) is 17.0 Å². The van der Waals surface area contributed by atoms with Gasteiger partial charge in [0.1, 0.15) is 5.82 Å². The van der Waals surface area contributed by atoms with E-state index in [0.29, 0.717) is 19.4 Å². The number of carbonyl (C=O) groups is 1. The molecule has 17 heavy (non-hydrogen) atoms. The third-order valence-corrected chi connectivity index (χ3v) is 2.80. The van der Waals surface area contributed by atoms with Crippen molar-refractivity contribution in [2.24, 2.45) is 5.73 Å². The lowest BCUT2D eigenvalue weighted by molar-refractivity contribution is -0.118. The van der Waals surface area contributed by atoms with E-state index in [2.05, 4.69) is 5.32 Å². The second-order valence-electron chi connectivity index (χ2n) is 3.92. The largest absolute Gasteiger partial charge is 0.370 e. The molecule has 1 rings (SSSR count). The molecule has 1 atom stereocenters. The number of primary amides is 1. The second kappa shape index (κ2) is 6.57. The van der Waals surface area contributed by atoms with Crippen LogP contribution in [-0.4, -0.2) is 12.5 Å². The number of nitrogens with one attached hydrogen (secondary N) is 1. The van der Waals surface area contributed by atoms with Crippen molar-refractivity contribution in [2.75, 3.05) is 6.54 Å². The minimum atomic E-state index is -0.421. The molecule has 0 fully saturated rings. The van der Waals surface area contributed by atoms with E-state index in [1.54, 1.807) is 6.07 Å². The van der Waals surface area contributed by atoms with Gasteiger partial charge >= 0.3 is 0 Å². The fourth-order valence-electron chi connectivity index (χ4n) is 1.48. The summed E-state index contributed by atoms with van der Waals surface area (Å²) in [4.78, 5) is 10.5. The Morgan fingerprint density at radius 2 is 2.29 bits per heavy atom. The average Bonchev–Trinajstić information content (AvgIpc) is 2.27. The van der Waals surface area contributed by atoms with Crippen molar-refractivity contribution < 1.29 is 9.18 Å². The minimum Gasteiger partial charge on any atom is -0.370 e. The van der Waals surface area contributed by atoms with Gasteiger partial charge in [-0.2, -0.15) is 0 Å². The Balaban J connectivity index is 2.44. The topological polar surface area (TPSA) is 55.1 Å². The van der Waals surface area contributed by atoms with Crippen LogP contribution in [0.5, 0.6) is 0 Å². The molecule has 0 heterocycles. The fraction of sp³-hybridized carbons (Fsp3) is 0.417. The molecule has 0 saturated carbocycles. The van der Waals surface area contributed by atoms with Gasteiger partial charge in [0.25, 0.3) is 0 Å². The van der Waals surface area contributed by atoms with Gasteiger partial charge in [0.15, 0.2) is 0 Å². The van der Waals surface area contributed by atoms with Crippen molar-refractivity contribution in [1.82, 2.24) is 5.32 Å². The highest BCUT2D eigenvalue weighted by Crippen LogP contribution is 2.19. The maximum absolute atomic E-state index is 13.2. The number of hydrogen-bond donors (Lipinski definition) is 2. The third-order valence-electron chi connectivity index (χ3n) is 2.49. The highest BCUT2D eigenvalue weighted by molar-refractivity contribution is 6.30. The van der Waals surface area contributed by atoms with Gasteiger partial charge in [0, 0.05) is 12.5 Å². The molecule has 0 spiro atoms. The summed E-state index contributed by atoms with van der Waals surface area (Å²) in [7, 11) is 0. The molecule has 0 saturated heterocycles. The number of halogens is 2. The monoisotopic (exact) mass is 258 g/mol. The molecular weight excluding hydrogens is 243 g/mol. The highest BCUT2D eigenvalue weighted by Gasteiger charge is 2.07. The number of carbonyl (C=O) groups excluding carboxylic acids is 1. The summed E-state index contributed by atoms with van der Waals surface area (Å²) in [5, 5.41) is 3.30. The zero-order valence-electron chi connectivity index (χ0n) is 9.67. The van der Waals surface area contributed by atoms with Crippen LogP contribution >= 0.6 is 11.6 Å². The summed E-state index contributed by atoms with van der Waals surface area (Å²) in [6, 6.07) is 4.73. The Morgan fingerprint density at radius 1 is 1.59 bits per heavy atom. The summed E-state index contributed by atoms with van der Waals surface area (Å²) < 4.78 is 13.2. The zero-order valence-corrected chi connectivity index (χ0v) is 10.4. The van der Waals surface area contributed by atoms with Gasteiger partial charge in [-0.05, 0) is 37.6 Å². The Labute approximate surface area is 105 Å². The van der Waals surface area contributed by atoms with Crippen molar-refractivity contribution in [3.63, 3.8) is 0 Å². The highest BCUT2D eigenvalue weighted by atomic mass is 35.5. The SMILES string of the molecule is CC(NCCCC(N)=O)c1ccc(Cl)c(F)c1. The van der Waals surface area contributed by atoms with E-state index >= 15 is 0 Å². The molecule has 1 aromatic rings. The zero-order chi connectivity index (χ0) is 12.8. The fourth-order valence-corrected chi connectivity index (χ4v) is 1.60. The van der Waals surface area contributed by atoms with Crippen LogP contribution in [-0.2, 0) is 4.79 Å². The van der Waals surface area contributed by atoms with Gasteiger partial charge in [-0.1, -0.05) is 17.7 Å². The van der Waals surface area contributed by atoms with E-state index in [9.17, 15) is 9.18 Å². The lowest BCUT2D eigenvalue weighted by atomic mass is 10.1. The van der Waals surface area contributed by atoms with Crippen LogP contribution in [0, 0.1) is 5.82 Å². The van der Waals surface area contributed by atoms with Crippen LogP contribution in [0.15, 0.2) is 18.2 Å². The van der Waals surface area contributed by atoms with E-state index < -0.39 is 5.82 Å². The first-order valence-electron chi connectivity index (χ1n) is 5.47. The van der Waals surface area contributed by atoms with E-state index in [4.69, 9.17) is 17.3 Å². The Kier molecular flexibility index (Phi) is 5.38. The molecule has 0 aliphatic carbocycles. The molecule has 1 amide bonds. The lowest BCUT2D eigenvalue weighted by Crippen LogP contribution is -2.21. The number of hydrogen-bond acceptors (Lipinski definition) is 2. The molecule has 0 bridgehead atoms. The first-order valence-corrected chi connectivity index (χ1v) is 5.85. The van der Waals surface area contributed by atoms with Crippen LogP contribution in [0.3, 0.4) is 0 Å². The summed E-state index contributed by atoms with van der Waals surface area (Å²) in [6.45, 7) is 2.58. The van der Waals surface area contributed by atoms with E-state index in [1.165, 1.54) is 12.1 Å². The molecule has 3 N–H and O–H groups in total. The molecule has 0 aliphatic heterocycles. The maximum Gasteiger partial charge on any atom is 0.217 e. The molecule has 0 aromatic heterocycles. The number of nitrogens with two attached hydrogens (primary N) is 1. The Bertz CT molecular complexity index is 398. The number of amides is 1. The summed E-state index contributed by atoms with van der Waals surface area (Å²) in [5.74, 6) is -0.730. The molecular formula is C12H16ClFN2O. The smallest absolute Gasteiger partial charge is 0.217 e. The Hall–Kier alpha value is -1.13. The van der Waals surface area contributed by atoms with Crippen molar-refractivity contribution in [2.45, 2.75) is 25.8 Å². The van der Waals surface area contributed by atoms with Crippen LogP contribution in [0.25, 0.3) is 0 Å². The van der Waals surface area contributed by atoms with Crippen molar-refractivity contribution in [3.05, 3.63) is 34.6 Å². The van der Waals surface area contributed by atoms with Crippen molar-refractivity contribution >= 4 is 17.5 Å². The van der Waals surface area contributed by atoms with Gasteiger partial charge in [-0.3, -0.25) is 4.79 Å². The predicted molar refractivity (Wildman–Crippen MR) is 66.3 cm³/mol. The van der Waals surface area contributed by atoms with Crippen molar-refractivity contribution in [1.29, 1.82) is 0 Å². The van der Waals surface area contributed by atoms with Crippen LogP contribution in [0.4, 0.5) is 4.39 Å². The normalized spacial score (nSPS) is 12.4. The first-order chi connectivity index (χ1) is 8.00. The second-order valence-corrected chi connectivity index (χ2v) is 4.33.